The number of rotatable bonds is 12. The molecule has 0 radical (unpaired) electrons. The van der Waals surface area contributed by atoms with Crippen molar-refractivity contribution >= 4 is 17.4 Å². The maximum atomic E-state index is 13.5. The van der Waals surface area contributed by atoms with Crippen molar-refractivity contribution in [3.05, 3.63) is 167 Å². The first-order valence-electron chi connectivity index (χ1n) is 18.4. The first-order chi connectivity index (χ1) is 25.8. The first kappa shape index (κ1) is 35.4. The van der Waals surface area contributed by atoms with Crippen molar-refractivity contribution in [2.24, 2.45) is 11.0 Å². The van der Waals surface area contributed by atoms with Crippen molar-refractivity contribution < 1.29 is 14.1 Å². The first-order valence-corrected chi connectivity index (χ1v) is 18.4. The molecular weight excluding hydrogens is 657 g/mol. The average molecular weight is 702 g/mol. The van der Waals surface area contributed by atoms with Gasteiger partial charge >= 0.3 is 5.97 Å². The minimum absolute atomic E-state index is 0.0673. The molecule has 0 aliphatic carbocycles. The zero-order chi connectivity index (χ0) is 37.0. The number of benzene rings is 5. The van der Waals surface area contributed by atoms with Crippen LogP contribution in [-0.2, 0) is 15.1 Å². The van der Waals surface area contributed by atoms with Crippen LogP contribution in [0.2, 0.25) is 0 Å². The molecule has 1 aliphatic rings. The molecule has 266 valence electrons. The van der Waals surface area contributed by atoms with Gasteiger partial charge in [-0.1, -0.05) is 153 Å². The van der Waals surface area contributed by atoms with Crippen LogP contribution < -0.4 is 0 Å². The lowest BCUT2D eigenvalue weighted by atomic mass is 9.77. The highest BCUT2D eigenvalue weighted by atomic mass is 16.5. The Bertz CT molecular complexity index is 2160. The summed E-state index contributed by atoms with van der Waals surface area (Å²) in [6, 6.07) is 47.5. The highest BCUT2D eigenvalue weighted by molar-refractivity contribution is 6.25. The van der Waals surface area contributed by atoms with Gasteiger partial charge in [0.2, 0.25) is 5.82 Å². The molecule has 0 N–H and O–H groups in total. The summed E-state index contributed by atoms with van der Waals surface area (Å²) in [6.45, 7) is 9.19. The summed E-state index contributed by atoms with van der Waals surface area (Å²) in [5.41, 5.74) is 8.18. The van der Waals surface area contributed by atoms with Gasteiger partial charge in [-0.15, -0.1) is 15.0 Å². The largest absolute Gasteiger partial charge is 0.462 e. The van der Waals surface area contributed by atoms with E-state index in [1.54, 1.807) is 4.80 Å². The Morgan fingerprint density at radius 3 is 1.74 bits per heavy atom. The van der Waals surface area contributed by atoms with E-state index in [0.717, 1.165) is 63.3 Å². The average Bonchev–Trinajstić information content (AvgIpc) is 3.80. The second kappa shape index (κ2) is 14.9. The lowest BCUT2D eigenvalue weighted by Crippen LogP contribution is -2.39. The lowest BCUT2D eigenvalue weighted by Gasteiger charge is -2.34. The fourth-order valence-corrected chi connectivity index (χ4v) is 7.61. The van der Waals surface area contributed by atoms with Crippen LogP contribution in [0.4, 0.5) is 0 Å². The number of carbonyl (C=O) groups excluding carboxylic acids is 1. The number of hydrogen-bond acceptors (Lipinski definition) is 6. The third-order valence-corrected chi connectivity index (χ3v) is 9.91. The molecular formula is C45H45N6O2+. The lowest BCUT2D eigenvalue weighted by molar-refractivity contribution is -0.844. The number of hydrogen-bond donors (Lipinski definition) is 0. The molecule has 6 aromatic rings. The third-order valence-electron chi connectivity index (χ3n) is 9.91. The molecule has 7 rings (SSSR count). The van der Waals surface area contributed by atoms with E-state index in [1.165, 1.54) is 0 Å². The molecule has 1 aromatic heterocycles. The number of aromatic nitrogens is 4. The number of quaternary nitrogens is 1. The van der Waals surface area contributed by atoms with Crippen LogP contribution in [0.25, 0.3) is 28.2 Å². The van der Waals surface area contributed by atoms with Gasteiger partial charge in [0.1, 0.15) is 12.3 Å². The van der Waals surface area contributed by atoms with Crippen molar-refractivity contribution in [2.75, 3.05) is 20.2 Å². The minimum Gasteiger partial charge on any atom is -0.462 e. The van der Waals surface area contributed by atoms with Gasteiger partial charge in [-0.2, -0.15) is 4.59 Å². The Kier molecular flexibility index (Phi) is 9.98. The smallest absolute Gasteiger partial charge is 0.346 e. The van der Waals surface area contributed by atoms with Crippen molar-refractivity contribution in [3.8, 4) is 22.5 Å². The Morgan fingerprint density at radius 2 is 1.23 bits per heavy atom. The summed E-state index contributed by atoms with van der Waals surface area (Å²) in [5, 5.41) is 19.8. The number of nitrogens with zero attached hydrogens (tertiary/aromatic N) is 6. The van der Waals surface area contributed by atoms with E-state index >= 15 is 0 Å². The van der Waals surface area contributed by atoms with Crippen LogP contribution in [0.1, 0.15) is 56.4 Å². The molecule has 0 saturated carbocycles. The Morgan fingerprint density at radius 1 is 0.717 bits per heavy atom. The monoisotopic (exact) mass is 701 g/mol. The van der Waals surface area contributed by atoms with Gasteiger partial charge in [0.15, 0.2) is 16.8 Å². The van der Waals surface area contributed by atoms with E-state index < -0.39 is 5.54 Å². The summed E-state index contributed by atoms with van der Waals surface area (Å²) in [7, 11) is 2.08. The molecule has 0 saturated heterocycles. The number of ether oxygens (including phenoxy) is 1. The number of carbonyl (C=O) groups is 1. The van der Waals surface area contributed by atoms with Gasteiger partial charge in [0, 0.05) is 17.0 Å². The minimum atomic E-state index is -0.877. The van der Waals surface area contributed by atoms with Gasteiger partial charge in [0.05, 0.1) is 13.7 Å². The molecule has 0 spiro atoms. The topological polar surface area (TPSA) is 82.3 Å². The van der Waals surface area contributed by atoms with Crippen LogP contribution in [-0.4, -0.2) is 56.7 Å². The Balaban J connectivity index is 1.34. The predicted molar refractivity (Wildman–Crippen MR) is 210 cm³/mol. The molecule has 5 aromatic carbocycles. The normalized spacial score (nSPS) is 15.8. The molecule has 1 unspecified atom stereocenters. The van der Waals surface area contributed by atoms with Gasteiger partial charge in [-0.3, -0.25) is 0 Å². The van der Waals surface area contributed by atoms with Crippen molar-refractivity contribution in [1.82, 2.24) is 20.2 Å². The Hall–Kier alpha value is -5.99. The van der Waals surface area contributed by atoms with Gasteiger partial charge in [-0.25, -0.2) is 4.79 Å². The van der Waals surface area contributed by atoms with Crippen molar-refractivity contribution in [2.45, 2.75) is 39.7 Å². The molecule has 0 bridgehead atoms. The van der Waals surface area contributed by atoms with E-state index in [1.807, 2.05) is 79.7 Å². The van der Waals surface area contributed by atoms with Crippen molar-refractivity contribution in [3.63, 3.8) is 0 Å². The zero-order valence-corrected chi connectivity index (χ0v) is 31.0. The molecule has 0 fully saturated rings. The summed E-state index contributed by atoms with van der Waals surface area (Å²) >= 11 is 0. The van der Waals surface area contributed by atoms with E-state index in [9.17, 15) is 4.79 Å². The molecule has 2 heterocycles. The molecule has 53 heavy (non-hydrogen) atoms. The van der Waals surface area contributed by atoms with E-state index in [0.29, 0.717) is 22.6 Å². The van der Waals surface area contributed by atoms with Gasteiger partial charge < -0.3 is 4.74 Å². The Labute approximate surface area is 311 Å². The summed E-state index contributed by atoms with van der Waals surface area (Å²) < 4.78 is 5.89. The second-order valence-corrected chi connectivity index (χ2v) is 13.8. The molecule has 1 aliphatic heterocycles. The fourth-order valence-electron chi connectivity index (χ4n) is 7.61. The van der Waals surface area contributed by atoms with E-state index in [-0.39, 0.29) is 11.9 Å². The van der Waals surface area contributed by atoms with Crippen LogP contribution in [0.5, 0.6) is 0 Å². The van der Waals surface area contributed by atoms with Crippen molar-refractivity contribution in [1.29, 1.82) is 0 Å². The standard InChI is InChI=1S/C45H45N6O2/c1-6-31-51(5)42(40(44(52)53-7-2)41(48-51)32(3)4)34-29-27-33(28-30-34)38-25-17-18-26-39(38)43-46-49-50(47-43)45(35-19-11-8-12-20-35,36-21-13-9-14-22-36)37-23-15-10-16-24-37/h8-30,32H,6-7,31H2,1-5H3/q+1. The van der Waals surface area contributed by atoms with Gasteiger partial charge in [-0.05, 0) is 58.5 Å². The maximum absolute atomic E-state index is 13.5. The van der Waals surface area contributed by atoms with E-state index in [2.05, 4.69) is 94.5 Å². The number of tetrazole rings is 1. The van der Waals surface area contributed by atoms with Crippen LogP contribution >= 0.6 is 0 Å². The van der Waals surface area contributed by atoms with Gasteiger partial charge in [0.25, 0.3) is 0 Å². The SMILES string of the molecule is CCC[N+]1(C)N=C(C(C)C)C(C(=O)OCC)=C1c1ccc(-c2ccccc2-c2nnn(C(c3ccccc3)(c3ccccc3)c3ccccc3)n2)cc1. The summed E-state index contributed by atoms with van der Waals surface area (Å²) in [6.07, 6.45) is 0.907. The highest BCUT2D eigenvalue weighted by Crippen LogP contribution is 2.42. The highest BCUT2D eigenvalue weighted by Gasteiger charge is 2.45. The maximum Gasteiger partial charge on any atom is 0.346 e. The quantitative estimate of drug-likeness (QED) is 0.0723. The molecule has 8 nitrogen and oxygen atoms in total. The third kappa shape index (κ3) is 6.40. The fraction of sp³-hybridized carbons (Fsp3) is 0.222. The molecule has 8 heteroatoms. The van der Waals surface area contributed by atoms with Crippen LogP contribution in [0.3, 0.4) is 0 Å². The molecule has 1 atom stereocenters. The van der Waals surface area contributed by atoms with Crippen LogP contribution in [0, 0.1) is 5.92 Å². The second-order valence-electron chi connectivity index (χ2n) is 13.8. The van der Waals surface area contributed by atoms with E-state index in [4.69, 9.17) is 25.2 Å². The van der Waals surface area contributed by atoms with Crippen LogP contribution in [0.15, 0.2) is 150 Å². The summed E-state index contributed by atoms with van der Waals surface area (Å²) in [4.78, 5) is 15.2. The zero-order valence-electron chi connectivity index (χ0n) is 31.0. The number of esters is 1. The molecule has 0 amide bonds. The summed E-state index contributed by atoms with van der Waals surface area (Å²) in [5.74, 6) is 0.258. The predicted octanol–water partition coefficient (Wildman–Crippen LogP) is 9.00.